The number of carbonyl (C=O) groups excluding carboxylic acids is 2. The lowest BCUT2D eigenvalue weighted by molar-refractivity contribution is -0.120. The van der Waals surface area contributed by atoms with Gasteiger partial charge in [0.15, 0.2) is 0 Å². The molecule has 0 fully saturated rings. The van der Waals surface area contributed by atoms with Crippen LogP contribution in [-0.4, -0.2) is 24.6 Å². The molecule has 0 bridgehead atoms. The van der Waals surface area contributed by atoms with Gasteiger partial charge in [-0.05, 0) is 46.7 Å². The first kappa shape index (κ1) is 23.0. The summed E-state index contributed by atoms with van der Waals surface area (Å²) in [4.78, 5) is 24.3. The van der Waals surface area contributed by atoms with E-state index in [0.717, 1.165) is 21.9 Å². The monoisotopic (exact) mass is 471 g/mol. The van der Waals surface area contributed by atoms with Gasteiger partial charge in [0.05, 0.1) is 12.8 Å². The number of rotatable bonds is 8. The molecular weight excluding hydrogens is 450 g/mol. The predicted molar refractivity (Wildman–Crippen MR) is 134 cm³/mol. The van der Waals surface area contributed by atoms with Crippen LogP contribution in [0.1, 0.15) is 21.5 Å². The van der Waals surface area contributed by atoms with Crippen molar-refractivity contribution in [1.29, 1.82) is 0 Å². The van der Waals surface area contributed by atoms with Crippen molar-refractivity contribution < 1.29 is 14.3 Å². The van der Waals surface area contributed by atoms with Crippen molar-refractivity contribution in [3.63, 3.8) is 0 Å². The van der Waals surface area contributed by atoms with E-state index in [1.54, 1.807) is 30.5 Å². The van der Waals surface area contributed by atoms with Gasteiger partial charge in [-0.25, -0.2) is 5.43 Å². The fraction of sp³-hybridized carbons (Fsp3) is 0.0741. The lowest BCUT2D eigenvalue weighted by Gasteiger charge is -2.12. The van der Waals surface area contributed by atoms with Gasteiger partial charge < -0.3 is 10.1 Å². The molecule has 6 nitrogen and oxygen atoms in total. The Balaban J connectivity index is 1.44. The molecule has 0 aliphatic rings. The number of amides is 2. The number of hydrogen-bond donors (Lipinski definition) is 2. The third-order valence-corrected chi connectivity index (χ3v) is 5.32. The number of carbonyl (C=O) groups is 2. The molecule has 0 heterocycles. The summed E-state index contributed by atoms with van der Waals surface area (Å²) < 4.78 is 6.05. The van der Waals surface area contributed by atoms with Gasteiger partial charge in [-0.3, -0.25) is 9.59 Å². The van der Waals surface area contributed by atoms with Gasteiger partial charge in [-0.15, -0.1) is 0 Å². The van der Waals surface area contributed by atoms with E-state index in [4.69, 9.17) is 16.3 Å². The molecule has 0 aliphatic heterocycles. The minimum Gasteiger partial charge on any atom is -0.488 e. The third kappa shape index (κ3) is 5.99. The van der Waals surface area contributed by atoms with Crippen LogP contribution in [0.25, 0.3) is 10.8 Å². The quantitative estimate of drug-likeness (QED) is 0.282. The third-order valence-electron chi connectivity index (χ3n) is 5.07. The number of halogens is 1. The smallest absolute Gasteiger partial charge is 0.259 e. The summed E-state index contributed by atoms with van der Waals surface area (Å²) in [6, 6.07) is 27.8. The Morgan fingerprint density at radius 1 is 0.882 bits per heavy atom. The molecule has 0 aromatic heterocycles. The van der Waals surface area contributed by atoms with E-state index < -0.39 is 5.91 Å². The molecule has 0 spiro atoms. The zero-order valence-electron chi connectivity index (χ0n) is 18.2. The molecule has 4 rings (SSSR count). The van der Waals surface area contributed by atoms with Crippen molar-refractivity contribution in [2.45, 2.75) is 6.61 Å². The van der Waals surface area contributed by atoms with Gasteiger partial charge >= 0.3 is 0 Å². The van der Waals surface area contributed by atoms with Crippen LogP contribution in [0.3, 0.4) is 0 Å². The summed E-state index contributed by atoms with van der Waals surface area (Å²) in [6.07, 6.45) is 1.55. The number of hydrogen-bond acceptors (Lipinski definition) is 4. The molecule has 170 valence electrons. The molecule has 0 aliphatic carbocycles. The molecule has 7 heteroatoms. The van der Waals surface area contributed by atoms with Gasteiger partial charge in [0.2, 0.25) is 0 Å². The van der Waals surface area contributed by atoms with E-state index in [0.29, 0.717) is 22.9 Å². The minimum atomic E-state index is -0.440. The highest BCUT2D eigenvalue weighted by Crippen LogP contribution is 2.27. The maximum absolute atomic E-state index is 12.2. The van der Waals surface area contributed by atoms with Crippen molar-refractivity contribution in [3.8, 4) is 5.75 Å². The largest absolute Gasteiger partial charge is 0.488 e. The number of benzene rings is 4. The van der Waals surface area contributed by atoms with Gasteiger partial charge in [0, 0.05) is 16.1 Å². The molecule has 0 radical (unpaired) electrons. The molecule has 4 aromatic carbocycles. The Morgan fingerprint density at radius 2 is 1.62 bits per heavy atom. The van der Waals surface area contributed by atoms with Crippen molar-refractivity contribution in [3.05, 3.63) is 113 Å². The van der Waals surface area contributed by atoms with Crippen molar-refractivity contribution in [1.82, 2.24) is 10.7 Å². The lowest BCUT2D eigenvalue weighted by atomic mass is 10.0. The first-order chi connectivity index (χ1) is 16.6. The average Bonchev–Trinajstić information content (AvgIpc) is 2.88. The zero-order chi connectivity index (χ0) is 23.8. The normalized spacial score (nSPS) is 10.9. The maximum atomic E-state index is 12.2. The Bertz CT molecular complexity index is 1320. The SMILES string of the molecule is O=C(CNC(=O)c1ccccc1)N/N=C\c1c(OCc2ccc(Cl)cc2)ccc2ccccc12. The summed E-state index contributed by atoms with van der Waals surface area (Å²) >= 11 is 5.96. The summed E-state index contributed by atoms with van der Waals surface area (Å²) in [6.45, 7) is 0.161. The number of hydrazone groups is 1. The van der Waals surface area contributed by atoms with E-state index in [-0.39, 0.29) is 12.5 Å². The Hall–Kier alpha value is -4.16. The summed E-state index contributed by atoms with van der Waals surface area (Å²) in [5, 5.41) is 9.29. The molecule has 4 aromatic rings. The number of nitrogens with zero attached hydrogens (tertiary/aromatic N) is 1. The molecule has 0 saturated carbocycles. The van der Waals surface area contributed by atoms with Crippen LogP contribution < -0.4 is 15.5 Å². The second-order valence-electron chi connectivity index (χ2n) is 7.46. The standard InChI is InChI=1S/C27H22ClN3O3/c28-22-13-10-19(11-14-22)18-34-25-15-12-20-6-4-5-9-23(20)24(25)16-30-31-26(32)17-29-27(33)21-7-2-1-3-8-21/h1-16H,17-18H2,(H,29,33)(H,31,32)/b30-16-. The fourth-order valence-corrected chi connectivity index (χ4v) is 3.46. The van der Waals surface area contributed by atoms with Crippen LogP contribution in [0.5, 0.6) is 5.75 Å². The van der Waals surface area contributed by atoms with E-state index in [1.807, 2.05) is 66.7 Å². The van der Waals surface area contributed by atoms with Gasteiger partial charge in [-0.1, -0.05) is 72.3 Å². The number of ether oxygens (including phenoxy) is 1. The Morgan fingerprint density at radius 3 is 2.41 bits per heavy atom. The second kappa shape index (κ2) is 11.1. The van der Waals surface area contributed by atoms with E-state index >= 15 is 0 Å². The van der Waals surface area contributed by atoms with Gasteiger partial charge in [0.25, 0.3) is 11.8 Å². The number of fused-ring (bicyclic) bond motifs is 1. The van der Waals surface area contributed by atoms with E-state index in [9.17, 15) is 9.59 Å². The lowest BCUT2D eigenvalue weighted by Crippen LogP contribution is -2.34. The molecule has 2 amide bonds. The average molecular weight is 472 g/mol. The molecule has 0 saturated heterocycles. The van der Waals surface area contributed by atoms with Crippen LogP contribution in [0, 0.1) is 0 Å². The van der Waals surface area contributed by atoms with Crippen molar-refractivity contribution >= 4 is 40.4 Å². The van der Waals surface area contributed by atoms with Crippen LogP contribution in [0.2, 0.25) is 5.02 Å². The van der Waals surface area contributed by atoms with Crippen LogP contribution in [0.15, 0.2) is 96.1 Å². The molecule has 34 heavy (non-hydrogen) atoms. The highest BCUT2D eigenvalue weighted by atomic mass is 35.5. The van der Waals surface area contributed by atoms with Crippen LogP contribution in [-0.2, 0) is 11.4 Å². The van der Waals surface area contributed by atoms with E-state index in [1.165, 1.54) is 0 Å². The minimum absolute atomic E-state index is 0.194. The highest BCUT2D eigenvalue weighted by molar-refractivity contribution is 6.30. The summed E-state index contributed by atoms with van der Waals surface area (Å²) in [5.74, 6) is -0.139. The van der Waals surface area contributed by atoms with Crippen LogP contribution in [0.4, 0.5) is 0 Å². The van der Waals surface area contributed by atoms with Crippen LogP contribution >= 0.6 is 11.6 Å². The molecule has 0 atom stereocenters. The highest BCUT2D eigenvalue weighted by Gasteiger charge is 2.09. The van der Waals surface area contributed by atoms with E-state index in [2.05, 4.69) is 15.8 Å². The zero-order valence-corrected chi connectivity index (χ0v) is 19.0. The fourth-order valence-electron chi connectivity index (χ4n) is 3.34. The topological polar surface area (TPSA) is 79.8 Å². The molecule has 0 unspecified atom stereocenters. The van der Waals surface area contributed by atoms with Crippen molar-refractivity contribution in [2.24, 2.45) is 5.10 Å². The predicted octanol–water partition coefficient (Wildman–Crippen LogP) is 4.95. The first-order valence-electron chi connectivity index (χ1n) is 10.6. The summed E-state index contributed by atoms with van der Waals surface area (Å²) in [7, 11) is 0. The first-order valence-corrected chi connectivity index (χ1v) is 11.0. The van der Waals surface area contributed by atoms with Crippen molar-refractivity contribution in [2.75, 3.05) is 6.54 Å². The molecular formula is C27H22ClN3O3. The Kier molecular flexibility index (Phi) is 7.53. The molecule has 2 N–H and O–H groups in total. The van der Waals surface area contributed by atoms with Gasteiger partial charge in [-0.2, -0.15) is 5.10 Å². The Labute approximate surface area is 202 Å². The maximum Gasteiger partial charge on any atom is 0.259 e. The van der Waals surface area contributed by atoms with Gasteiger partial charge in [0.1, 0.15) is 12.4 Å². The number of nitrogens with one attached hydrogen (secondary N) is 2. The second-order valence-corrected chi connectivity index (χ2v) is 7.89. The summed E-state index contributed by atoms with van der Waals surface area (Å²) in [5.41, 5.74) is 4.65.